The van der Waals surface area contributed by atoms with Gasteiger partial charge in [-0.1, -0.05) is 24.6 Å². The summed E-state index contributed by atoms with van der Waals surface area (Å²) < 4.78 is 19.3. The number of hydrogen-bond donors (Lipinski definition) is 2. The summed E-state index contributed by atoms with van der Waals surface area (Å²) >= 11 is 0. The molecule has 0 bridgehead atoms. The number of rotatable bonds is 7. The number of aliphatic imine (C=N–C) groups is 1. The molecule has 172 valence electrons. The molecular weight excluding hydrogens is 407 g/mol. The van der Waals surface area contributed by atoms with E-state index in [1.807, 2.05) is 48.4 Å². The monoisotopic (exact) mass is 440 g/mol. The summed E-state index contributed by atoms with van der Waals surface area (Å²) in [5.41, 5.74) is 1.96. The molecule has 2 aliphatic rings. The Labute approximate surface area is 189 Å². The van der Waals surface area contributed by atoms with Crippen LogP contribution in [0, 0.1) is 5.41 Å². The molecule has 1 amide bonds. The van der Waals surface area contributed by atoms with Gasteiger partial charge in [0, 0.05) is 19.5 Å². The maximum Gasteiger partial charge on any atom is 0.217 e. The minimum absolute atomic E-state index is 0.0665. The van der Waals surface area contributed by atoms with Crippen LogP contribution >= 0.6 is 0 Å². The molecule has 0 saturated heterocycles. The molecule has 32 heavy (non-hydrogen) atoms. The van der Waals surface area contributed by atoms with E-state index in [0.29, 0.717) is 12.4 Å². The first-order valence-electron chi connectivity index (χ1n) is 11.4. The Balaban J connectivity index is 1.60. The van der Waals surface area contributed by atoms with Crippen molar-refractivity contribution in [2.45, 2.75) is 64.5 Å². The molecule has 1 aromatic rings. The van der Waals surface area contributed by atoms with E-state index < -0.39 is 6.67 Å². The predicted octanol–water partition coefficient (Wildman–Crippen LogP) is 5.09. The van der Waals surface area contributed by atoms with Gasteiger partial charge in [0.05, 0.1) is 19.3 Å². The van der Waals surface area contributed by atoms with E-state index in [1.165, 1.54) is 13.3 Å². The van der Waals surface area contributed by atoms with Crippen molar-refractivity contribution in [3.8, 4) is 5.75 Å². The van der Waals surface area contributed by atoms with E-state index in [0.717, 1.165) is 42.6 Å². The molecule has 0 spiro atoms. The number of carbonyl (C=O) groups excluding carboxylic acids is 1. The van der Waals surface area contributed by atoms with Crippen molar-refractivity contribution in [2.24, 2.45) is 4.99 Å². The Kier molecular flexibility index (Phi) is 8.59. The summed E-state index contributed by atoms with van der Waals surface area (Å²) in [4.78, 5) is 17.6. The number of nitrogens with one attached hydrogen (secondary N) is 2. The Morgan fingerprint density at radius 1 is 1.31 bits per heavy atom. The highest BCUT2D eigenvalue weighted by atomic mass is 19.1. The third-order valence-corrected chi connectivity index (χ3v) is 5.68. The molecule has 1 aliphatic carbocycles. The van der Waals surface area contributed by atoms with E-state index in [9.17, 15) is 9.18 Å². The fourth-order valence-corrected chi connectivity index (χ4v) is 3.96. The number of alkyl halides is 1. The zero-order valence-electron chi connectivity index (χ0n) is 18.9. The number of carbonyl (C=O) groups is 1. The van der Waals surface area contributed by atoms with Crippen molar-refractivity contribution < 1.29 is 13.9 Å². The highest BCUT2D eigenvalue weighted by Crippen LogP contribution is 2.22. The second-order valence-corrected chi connectivity index (χ2v) is 8.29. The normalized spacial score (nSPS) is 19.8. The van der Waals surface area contributed by atoms with E-state index in [-0.39, 0.29) is 30.3 Å². The topological polar surface area (TPSA) is 77.8 Å². The largest absolute Gasteiger partial charge is 0.484 e. The van der Waals surface area contributed by atoms with Gasteiger partial charge in [-0.3, -0.25) is 14.6 Å². The van der Waals surface area contributed by atoms with Crippen molar-refractivity contribution in [2.75, 3.05) is 13.2 Å². The first-order valence-corrected chi connectivity index (χ1v) is 11.4. The van der Waals surface area contributed by atoms with Gasteiger partial charge < -0.3 is 15.0 Å². The minimum Gasteiger partial charge on any atom is -0.484 e. The highest BCUT2D eigenvalue weighted by Gasteiger charge is 2.22. The Bertz CT molecular complexity index is 892. The van der Waals surface area contributed by atoms with Crippen LogP contribution in [0.5, 0.6) is 5.75 Å². The average molecular weight is 441 g/mol. The zero-order chi connectivity index (χ0) is 22.9. The summed E-state index contributed by atoms with van der Waals surface area (Å²) in [7, 11) is 0. The minimum atomic E-state index is -0.519. The lowest BCUT2D eigenvalue weighted by Crippen LogP contribution is -2.31. The van der Waals surface area contributed by atoms with Gasteiger partial charge in [-0.2, -0.15) is 0 Å². The van der Waals surface area contributed by atoms with Crippen molar-refractivity contribution in [3.05, 3.63) is 53.8 Å². The maximum atomic E-state index is 13.2. The van der Waals surface area contributed by atoms with Crippen molar-refractivity contribution in [3.63, 3.8) is 0 Å². The molecule has 0 fully saturated rings. The molecular formula is C25H33FN4O2. The third kappa shape index (κ3) is 6.77. The third-order valence-electron chi connectivity index (χ3n) is 5.68. The molecule has 1 aliphatic heterocycles. The standard InChI is InChI=1S/C25H33FN4O2/c1-18(28-19(2)31)20-9-11-22(12-10-20)32-23-14-16-30(17-23)24(13-15-26)29-25(27)21-7-5-3-4-6-8-21/h7,9-12,14,16,18,23,27H,3-6,8,13,15,17H2,1-2H3,(H,28,31). The number of allylic oxidation sites excluding steroid dienone is 1. The van der Waals surface area contributed by atoms with Crippen LogP contribution in [-0.4, -0.2) is 41.8 Å². The van der Waals surface area contributed by atoms with Gasteiger partial charge in [0.25, 0.3) is 0 Å². The number of nitrogens with zero attached hydrogens (tertiary/aromatic N) is 2. The SMILES string of the molecule is CC(=O)NC(C)c1ccc(OC2C=CN(C(CCF)=NC(=N)C3=CCCCCC3)C2)cc1. The average Bonchev–Trinajstić information content (AvgIpc) is 3.05. The lowest BCUT2D eigenvalue weighted by Gasteiger charge is -2.21. The molecule has 0 radical (unpaired) electrons. The van der Waals surface area contributed by atoms with Crippen molar-refractivity contribution in [1.82, 2.24) is 10.2 Å². The molecule has 7 heteroatoms. The van der Waals surface area contributed by atoms with Crippen LogP contribution in [0.3, 0.4) is 0 Å². The van der Waals surface area contributed by atoms with Gasteiger partial charge in [0.15, 0.2) is 0 Å². The van der Waals surface area contributed by atoms with E-state index in [2.05, 4.69) is 16.4 Å². The van der Waals surface area contributed by atoms with Crippen LogP contribution < -0.4 is 10.1 Å². The van der Waals surface area contributed by atoms with Crippen molar-refractivity contribution >= 4 is 17.6 Å². The summed E-state index contributed by atoms with van der Waals surface area (Å²) in [6.07, 6.45) is 11.1. The van der Waals surface area contributed by atoms with Gasteiger partial charge in [-0.15, -0.1) is 0 Å². The number of ether oxygens (including phenoxy) is 1. The number of hydrogen-bond acceptors (Lipinski definition) is 3. The van der Waals surface area contributed by atoms with Gasteiger partial charge in [-0.05, 0) is 62.0 Å². The number of halogens is 1. The number of amidine groups is 2. The fourth-order valence-electron chi connectivity index (χ4n) is 3.96. The second-order valence-electron chi connectivity index (χ2n) is 8.29. The van der Waals surface area contributed by atoms with Crippen LogP contribution in [0.2, 0.25) is 0 Å². The predicted molar refractivity (Wildman–Crippen MR) is 126 cm³/mol. The van der Waals surface area contributed by atoms with Crippen LogP contribution in [0.4, 0.5) is 4.39 Å². The molecule has 1 aromatic carbocycles. The first-order chi connectivity index (χ1) is 15.5. The molecule has 2 atom stereocenters. The Morgan fingerprint density at radius 3 is 2.81 bits per heavy atom. The molecule has 3 rings (SSSR count). The lowest BCUT2D eigenvalue weighted by atomic mass is 10.1. The molecule has 0 saturated carbocycles. The van der Waals surface area contributed by atoms with Crippen molar-refractivity contribution in [1.29, 1.82) is 5.41 Å². The summed E-state index contributed by atoms with van der Waals surface area (Å²) in [6, 6.07) is 7.57. The van der Waals surface area contributed by atoms with Crippen LogP contribution in [0.25, 0.3) is 0 Å². The van der Waals surface area contributed by atoms with E-state index >= 15 is 0 Å². The Hall–Kier alpha value is -2.96. The lowest BCUT2D eigenvalue weighted by molar-refractivity contribution is -0.119. The van der Waals surface area contributed by atoms with Gasteiger partial charge in [-0.25, -0.2) is 4.99 Å². The summed E-state index contributed by atoms with van der Waals surface area (Å²) in [6.45, 7) is 3.44. The van der Waals surface area contributed by atoms with Crippen LogP contribution in [-0.2, 0) is 4.79 Å². The van der Waals surface area contributed by atoms with Crippen LogP contribution in [0.1, 0.15) is 64.0 Å². The molecule has 1 heterocycles. The number of amides is 1. The Morgan fingerprint density at radius 2 is 2.09 bits per heavy atom. The molecule has 2 unspecified atom stereocenters. The molecule has 2 N–H and O–H groups in total. The molecule has 0 aromatic heterocycles. The van der Waals surface area contributed by atoms with Crippen LogP contribution in [0.15, 0.2) is 53.2 Å². The van der Waals surface area contributed by atoms with Gasteiger partial charge >= 0.3 is 0 Å². The summed E-state index contributed by atoms with van der Waals surface area (Å²) in [5.74, 6) is 1.46. The van der Waals surface area contributed by atoms with Gasteiger partial charge in [0.1, 0.15) is 23.5 Å². The van der Waals surface area contributed by atoms with E-state index in [4.69, 9.17) is 10.1 Å². The fraction of sp³-hybridized carbons (Fsp3) is 0.480. The molecule has 6 nitrogen and oxygen atoms in total. The first kappa shape index (κ1) is 23.7. The van der Waals surface area contributed by atoms with Gasteiger partial charge in [0.2, 0.25) is 5.91 Å². The quantitative estimate of drug-likeness (QED) is 0.458. The number of benzene rings is 1. The van der Waals surface area contributed by atoms with E-state index in [1.54, 1.807) is 0 Å². The summed E-state index contributed by atoms with van der Waals surface area (Å²) in [5, 5.41) is 11.3. The second kappa shape index (κ2) is 11.6. The zero-order valence-corrected chi connectivity index (χ0v) is 18.9. The smallest absolute Gasteiger partial charge is 0.217 e. The maximum absolute atomic E-state index is 13.2. The highest BCUT2D eigenvalue weighted by molar-refractivity contribution is 6.04.